The highest BCUT2D eigenvalue weighted by molar-refractivity contribution is 7.99. The minimum absolute atomic E-state index is 0.0554. The number of methoxy groups -OCH3 is 1. The third-order valence-electron chi connectivity index (χ3n) is 6.11. The molecule has 0 radical (unpaired) electrons. The van der Waals surface area contributed by atoms with Crippen LogP contribution in [0, 0.1) is 0 Å². The van der Waals surface area contributed by atoms with E-state index in [0.717, 1.165) is 68.1 Å². The van der Waals surface area contributed by atoms with Crippen LogP contribution in [0.15, 0.2) is 59.0 Å². The van der Waals surface area contributed by atoms with E-state index >= 15 is 0 Å². The molecular weight excluding hydrogens is 434 g/mol. The highest BCUT2D eigenvalue weighted by Gasteiger charge is 2.19. The quantitative estimate of drug-likeness (QED) is 0.474. The molecule has 1 fully saturated rings. The van der Waals surface area contributed by atoms with Crippen molar-refractivity contribution in [1.82, 2.24) is 10.2 Å². The minimum Gasteiger partial charge on any atom is -0.465 e. The van der Waals surface area contributed by atoms with Crippen molar-refractivity contribution in [3.05, 3.63) is 65.2 Å². The van der Waals surface area contributed by atoms with Gasteiger partial charge in [-0.1, -0.05) is 24.3 Å². The Morgan fingerprint density at radius 3 is 2.67 bits per heavy atom. The fourth-order valence-corrected chi connectivity index (χ4v) is 5.19. The van der Waals surface area contributed by atoms with E-state index in [1.807, 2.05) is 36.4 Å². The number of fused-ring (bicyclic) bond motifs is 1. The number of anilines is 1. The number of carbonyl (C=O) groups is 2. The van der Waals surface area contributed by atoms with Gasteiger partial charge in [-0.15, -0.1) is 11.8 Å². The molecule has 2 heterocycles. The molecule has 2 aromatic rings. The van der Waals surface area contributed by atoms with Crippen LogP contribution >= 0.6 is 11.8 Å². The van der Waals surface area contributed by atoms with Crippen molar-refractivity contribution in [3.63, 3.8) is 0 Å². The van der Waals surface area contributed by atoms with E-state index in [2.05, 4.69) is 27.2 Å². The lowest BCUT2D eigenvalue weighted by molar-refractivity contribution is -0.117. The summed E-state index contributed by atoms with van der Waals surface area (Å²) < 4.78 is 4.83. The molecule has 7 heteroatoms. The highest BCUT2D eigenvalue weighted by Crippen LogP contribution is 2.31. The van der Waals surface area contributed by atoms with Crippen molar-refractivity contribution in [2.75, 3.05) is 57.0 Å². The number of hydrogen-bond donors (Lipinski definition) is 1. The van der Waals surface area contributed by atoms with Crippen LogP contribution in [0.1, 0.15) is 28.8 Å². The highest BCUT2D eigenvalue weighted by atomic mass is 32.2. The molecule has 0 spiro atoms. The van der Waals surface area contributed by atoms with Gasteiger partial charge in [-0.3, -0.25) is 9.69 Å². The van der Waals surface area contributed by atoms with Crippen molar-refractivity contribution >= 4 is 35.4 Å². The zero-order valence-electron chi connectivity index (χ0n) is 19.1. The van der Waals surface area contributed by atoms with E-state index in [1.54, 1.807) is 17.8 Å². The van der Waals surface area contributed by atoms with Gasteiger partial charge in [0.15, 0.2) is 0 Å². The molecule has 2 aromatic carbocycles. The Kier molecular flexibility index (Phi) is 8.07. The van der Waals surface area contributed by atoms with Gasteiger partial charge in [-0.2, -0.15) is 0 Å². The van der Waals surface area contributed by atoms with Crippen LogP contribution < -0.4 is 10.2 Å². The number of benzene rings is 2. The SMILES string of the molecule is COC(=O)c1cccc(N2CCN(CCCCNC(=O)C3=Cc4ccccc4SC3)CC2)c1. The molecular formula is C26H31N3O3S. The smallest absolute Gasteiger partial charge is 0.337 e. The van der Waals surface area contributed by atoms with Crippen LogP contribution in [-0.4, -0.2) is 68.9 Å². The molecule has 2 aliphatic rings. The first-order valence-corrected chi connectivity index (χ1v) is 12.5. The summed E-state index contributed by atoms with van der Waals surface area (Å²) in [5.74, 6) is 0.487. The van der Waals surface area contributed by atoms with Crippen molar-refractivity contribution in [3.8, 4) is 0 Å². The summed E-state index contributed by atoms with van der Waals surface area (Å²) in [6, 6.07) is 15.8. The average molecular weight is 466 g/mol. The predicted molar refractivity (Wildman–Crippen MR) is 134 cm³/mol. The topological polar surface area (TPSA) is 61.9 Å². The van der Waals surface area contributed by atoms with Crippen molar-refractivity contribution < 1.29 is 14.3 Å². The first-order chi connectivity index (χ1) is 16.1. The molecule has 1 saturated heterocycles. The molecule has 0 atom stereocenters. The molecule has 4 rings (SSSR count). The maximum atomic E-state index is 12.5. The van der Waals surface area contributed by atoms with E-state index in [9.17, 15) is 9.59 Å². The number of nitrogens with one attached hydrogen (secondary N) is 1. The monoisotopic (exact) mass is 465 g/mol. The number of ether oxygens (including phenoxy) is 1. The van der Waals surface area contributed by atoms with Crippen LogP contribution in [-0.2, 0) is 9.53 Å². The summed E-state index contributed by atoms with van der Waals surface area (Å²) in [5.41, 5.74) is 3.64. The number of piperazine rings is 1. The number of hydrogen-bond acceptors (Lipinski definition) is 6. The summed E-state index contributed by atoms with van der Waals surface area (Å²) >= 11 is 1.73. The van der Waals surface area contributed by atoms with Crippen LogP contribution in [0.25, 0.3) is 6.08 Å². The van der Waals surface area contributed by atoms with Crippen LogP contribution in [0.5, 0.6) is 0 Å². The van der Waals surface area contributed by atoms with Crippen molar-refractivity contribution in [1.29, 1.82) is 0 Å². The van der Waals surface area contributed by atoms with Gasteiger partial charge in [0, 0.05) is 54.6 Å². The maximum Gasteiger partial charge on any atom is 0.337 e. The van der Waals surface area contributed by atoms with Gasteiger partial charge in [0.2, 0.25) is 5.91 Å². The number of rotatable bonds is 8. The fraction of sp³-hybridized carbons (Fsp3) is 0.385. The summed E-state index contributed by atoms with van der Waals surface area (Å²) in [6.45, 7) is 5.63. The van der Waals surface area contributed by atoms with Crippen LogP contribution in [0.4, 0.5) is 5.69 Å². The van der Waals surface area contributed by atoms with Gasteiger partial charge < -0.3 is 15.0 Å². The third kappa shape index (κ3) is 6.18. The summed E-state index contributed by atoms with van der Waals surface area (Å²) in [4.78, 5) is 30.3. The predicted octanol–water partition coefficient (Wildman–Crippen LogP) is 3.68. The largest absolute Gasteiger partial charge is 0.465 e. The van der Waals surface area contributed by atoms with Gasteiger partial charge in [-0.05, 0) is 55.3 Å². The summed E-state index contributed by atoms with van der Waals surface area (Å²) in [6.07, 6.45) is 4.06. The number of thioether (sulfide) groups is 1. The third-order valence-corrected chi connectivity index (χ3v) is 7.25. The Morgan fingerprint density at radius 2 is 1.85 bits per heavy atom. The second kappa shape index (κ2) is 11.4. The normalized spacial score (nSPS) is 16.0. The van der Waals surface area contributed by atoms with E-state index in [4.69, 9.17) is 4.74 Å². The lowest BCUT2D eigenvalue weighted by Crippen LogP contribution is -2.46. The van der Waals surface area contributed by atoms with E-state index in [1.165, 1.54) is 12.0 Å². The van der Waals surface area contributed by atoms with Gasteiger partial charge in [0.25, 0.3) is 0 Å². The molecule has 33 heavy (non-hydrogen) atoms. The number of esters is 1. The average Bonchev–Trinajstić information content (AvgIpc) is 2.88. The maximum absolute atomic E-state index is 12.5. The Bertz CT molecular complexity index is 1020. The number of carbonyl (C=O) groups excluding carboxylic acids is 2. The van der Waals surface area contributed by atoms with Gasteiger partial charge in [0.05, 0.1) is 12.7 Å². The summed E-state index contributed by atoms with van der Waals surface area (Å²) in [5, 5.41) is 3.08. The number of nitrogens with zero attached hydrogens (tertiary/aromatic N) is 2. The molecule has 1 amide bonds. The van der Waals surface area contributed by atoms with Crippen molar-refractivity contribution in [2.45, 2.75) is 17.7 Å². The second-order valence-electron chi connectivity index (χ2n) is 8.33. The minimum atomic E-state index is -0.300. The molecule has 0 bridgehead atoms. The lowest BCUT2D eigenvalue weighted by Gasteiger charge is -2.36. The second-order valence-corrected chi connectivity index (χ2v) is 9.35. The zero-order chi connectivity index (χ0) is 23.0. The Hall–Kier alpha value is -2.77. The first-order valence-electron chi connectivity index (χ1n) is 11.5. The van der Waals surface area contributed by atoms with Crippen LogP contribution in [0.2, 0.25) is 0 Å². The summed E-state index contributed by atoms with van der Waals surface area (Å²) in [7, 11) is 1.41. The Balaban J connectivity index is 1.14. The number of amides is 1. The molecule has 1 N–H and O–H groups in total. The molecule has 0 unspecified atom stereocenters. The van der Waals surface area contributed by atoms with Crippen molar-refractivity contribution in [2.24, 2.45) is 0 Å². The first kappa shape index (κ1) is 23.4. The molecule has 2 aliphatic heterocycles. The number of unbranched alkanes of at least 4 members (excludes halogenated alkanes) is 1. The van der Waals surface area contributed by atoms with Gasteiger partial charge in [0.1, 0.15) is 0 Å². The van der Waals surface area contributed by atoms with Gasteiger partial charge in [-0.25, -0.2) is 4.79 Å². The van der Waals surface area contributed by atoms with E-state index in [-0.39, 0.29) is 11.9 Å². The fourth-order valence-electron chi connectivity index (χ4n) is 4.20. The Morgan fingerprint density at radius 1 is 1.03 bits per heavy atom. The standard InChI is InChI=1S/C26H31N3O3S/c1-32-26(31)21-8-6-9-23(18-21)29-15-13-28(14-16-29)12-5-4-11-27-25(30)22-17-20-7-2-3-10-24(20)33-19-22/h2-3,6-10,17-18H,4-5,11-16,19H2,1H3,(H,27,30). The molecule has 6 nitrogen and oxygen atoms in total. The zero-order valence-corrected chi connectivity index (χ0v) is 19.9. The molecule has 0 aliphatic carbocycles. The molecule has 0 aromatic heterocycles. The van der Waals surface area contributed by atoms with Gasteiger partial charge >= 0.3 is 5.97 Å². The lowest BCUT2D eigenvalue weighted by atomic mass is 10.1. The Labute approximate surface area is 200 Å². The van der Waals surface area contributed by atoms with E-state index in [0.29, 0.717) is 12.1 Å². The molecule has 0 saturated carbocycles. The van der Waals surface area contributed by atoms with Crippen LogP contribution in [0.3, 0.4) is 0 Å². The van der Waals surface area contributed by atoms with E-state index < -0.39 is 0 Å². The molecule has 174 valence electrons.